The van der Waals surface area contributed by atoms with Crippen molar-refractivity contribution in [1.82, 2.24) is 5.32 Å². The summed E-state index contributed by atoms with van der Waals surface area (Å²) in [6.07, 6.45) is 0. The summed E-state index contributed by atoms with van der Waals surface area (Å²) in [7, 11) is 0. The second-order valence-electron chi connectivity index (χ2n) is 5.33. The van der Waals surface area contributed by atoms with Gasteiger partial charge in [0.15, 0.2) is 11.5 Å². The van der Waals surface area contributed by atoms with E-state index in [1.807, 2.05) is 6.07 Å². The molecule has 0 bridgehead atoms. The minimum absolute atomic E-state index is 0.296. The summed E-state index contributed by atoms with van der Waals surface area (Å²) < 4.78 is 11.8. The zero-order valence-corrected chi connectivity index (χ0v) is 13.7. The van der Waals surface area contributed by atoms with Crippen LogP contribution in [0.3, 0.4) is 0 Å². The van der Waals surface area contributed by atoms with E-state index in [4.69, 9.17) is 9.47 Å². The van der Waals surface area contributed by atoms with Gasteiger partial charge in [-0.1, -0.05) is 29.8 Å². The minimum Gasteiger partial charge on any atom is -0.454 e. The SMILES string of the molecule is Cc1cccc([C@H](C)NCc2cc(Br)c3c(c2)OCO3)c1. The molecule has 0 saturated heterocycles. The molecular formula is C17H18BrNO2. The van der Waals surface area contributed by atoms with Gasteiger partial charge in [0.2, 0.25) is 6.79 Å². The highest BCUT2D eigenvalue weighted by atomic mass is 79.9. The van der Waals surface area contributed by atoms with E-state index < -0.39 is 0 Å². The van der Waals surface area contributed by atoms with Gasteiger partial charge in [-0.15, -0.1) is 0 Å². The Labute approximate surface area is 133 Å². The van der Waals surface area contributed by atoms with E-state index in [-0.39, 0.29) is 0 Å². The van der Waals surface area contributed by atoms with E-state index in [1.54, 1.807) is 0 Å². The van der Waals surface area contributed by atoms with E-state index in [0.29, 0.717) is 12.8 Å². The molecule has 1 N–H and O–H groups in total. The Kier molecular flexibility index (Phi) is 4.17. The molecule has 3 nitrogen and oxygen atoms in total. The minimum atomic E-state index is 0.296. The molecule has 0 radical (unpaired) electrons. The molecule has 2 aromatic carbocycles. The number of rotatable bonds is 4. The predicted octanol–water partition coefficient (Wildman–Crippen LogP) is 4.34. The highest BCUT2D eigenvalue weighted by Gasteiger charge is 2.18. The normalized spacial score (nSPS) is 14.2. The molecule has 1 aliphatic heterocycles. The molecule has 110 valence electrons. The van der Waals surface area contributed by atoms with Crippen LogP contribution in [-0.4, -0.2) is 6.79 Å². The number of nitrogens with one attached hydrogen (secondary N) is 1. The highest BCUT2D eigenvalue weighted by Crippen LogP contribution is 2.40. The van der Waals surface area contributed by atoms with Crippen LogP contribution >= 0.6 is 15.9 Å². The molecule has 1 heterocycles. The van der Waals surface area contributed by atoms with Gasteiger partial charge in [-0.3, -0.25) is 0 Å². The molecule has 0 unspecified atom stereocenters. The van der Waals surface area contributed by atoms with Crippen molar-refractivity contribution in [2.45, 2.75) is 26.4 Å². The van der Waals surface area contributed by atoms with E-state index in [9.17, 15) is 0 Å². The van der Waals surface area contributed by atoms with Crippen LogP contribution in [0.5, 0.6) is 11.5 Å². The maximum atomic E-state index is 5.45. The van der Waals surface area contributed by atoms with Gasteiger partial charge in [-0.2, -0.15) is 0 Å². The van der Waals surface area contributed by atoms with Crippen molar-refractivity contribution in [2.24, 2.45) is 0 Å². The lowest BCUT2D eigenvalue weighted by Gasteiger charge is -2.15. The van der Waals surface area contributed by atoms with Gasteiger partial charge < -0.3 is 14.8 Å². The Morgan fingerprint density at radius 1 is 1.24 bits per heavy atom. The van der Waals surface area contributed by atoms with E-state index in [1.165, 1.54) is 16.7 Å². The lowest BCUT2D eigenvalue weighted by Crippen LogP contribution is -2.18. The molecule has 0 fully saturated rings. The molecule has 4 heteroatoms. The van der Waals surface area contributed by atoms with Crippen molar-refractivity contribution in [2.75, 3.05) is 6.79 Å². The van der Waals surface area contributed by atoms with Crippen molar-refractivity contribution < 1.29 is 9.47 Å². The standard InChI is InChI=1S/C17H18BrNO2/c1-11-4-3-5-14(6-11)12(2)19-9-13-7-15(18)17-16(8-13)20-10-21-17/h3-8,12,19H,9-10H2,1-2H3/t12-/m0/s1. The Balaban J connectivity index is 1.69. The average molecular weight is 348 g/mol. The van der Waals surface area contributed by atoms with Crippen LogP contribution in [0.25, 0.3) is 0 Å². The summed E-state index contributed by atoms with van der Waals surface area (Å²) >= 11 is 3.53. The number of aryl methyl sites for hydroxylation is 1. The molecule has 0 spiro atoms. The van der Waals surface area contributed by atoms with Crippen LogP contribution in [0.4, 0.5) is 0 Å². The lowest BCUT2D eigenvalue weighted by atomic mass is 10.1. The molecule has 1 aliphatic rings. The van der Waals surface area contributed by atoms with Crippen molar-refractivity contribution in [3.8, 4) is 11.5 Å². The van der Waals surface area contributed by atoms with E-state index >= 15 is 0 Å². The van der Waals surface area contributed by atoms with Crippen molar-refractivity contribution >= 4 is 15.9 Å². The van der Waals surface area contributed by atoms with E-state index in [2.05, 4.69) is 65.4 Å². The molecule has 21 heavy (non-hydrogen) atoms. The van der Waals surface area contributed by atoms with Crippen molar-refractivity contribution in [1.29, 1.82) is 0 Å². The average Bonchev–Trinajstić information content (AvgIpc) is 2.93. The first-order valence-corrected chi connectivity index (χ1v) is 7.81. The van der Waals surface area contributed by atoms with Crippen LogP contribution in [0.15, 0.2) is 40.9 Å². The molecule has 0 aromatic heterocycles. The third-order valence-corrected chi connectivity index (χ3v) is 4.23. The Morgan fingerprint density at radius 3 is 2.90 bits per heavy atom. The summed E-state index contributed by atoms with van der Waals surface area (Å²) in [6.45, 7) is 5.37. The number of halogens is 1. The van der Waals surface area contributed by atoms with Gasteiger partial charge in [0.05, 0.1) is 4.47 Å². The van der Waals surface area contributed by atoms with Crippen LogP contribution in [0.2, 0.25) is 0 Å². The third-order valence-electron chi connectivity index (χ3n) is 3.64. The molecular weight excluding hydrogens is 330 g/mol. The first-order valence-electron chi connectivity index (χ1n) is 7.01. The molecule has 2 aromatic rings. The van der Waals surface area contributed by atoms with Crippen LogP contribution in [-0.2, 0) is 6.54 Å². The first-order chi connectivity index (χ1) is 10.1. The molecule has 0 saturated carbocycles. The lowest BCUT2D eigenvalue weighted by molar-refractivity contribution is 0.173. The van der Waals surface area contributed by atoms with Gasteiger partial charge in [0.1, 0.15) is 0 Å². The van der Waals surface area contributed by atoms with Crippen molar-refractivity contribution in [3.05, 3.63) is 57.6 Å². The number of ether oxygens (including phenoxy) is 2. The fraction of sp³-hybridized carbons (Fsp3) is 0.294. The number of benzene rings is 2. The van der Waals surface area contributed by atoms with Gasteiger partial charge >= 0.3 is 0 Å². The maximum absolute atomic E-state index is 5.45. The van der Waals surface area contributed by atoms with Gasteiger partial charge in [-0.05, 0) is 53.0 Å². The summed E-state index contributed by atoms with van der Waals surface area (Å²) in [5.74, 6) is 1.61. The zero-order chi connectivity index (χ0) is 14.8. The monoisotopic (exact) mass is 347 g/mol. The van der Waals surface area contributed by atoms with Gasteiger partial charge in [0, 0.05) is 12.6 Å². The summed E-state index contributed by atoms with van der Waals surface area (Å²) in [5.41, 5.74) is 3.76. The molecule has 0 aliphatic carbocycles. The zero-order valence-electron chi connectivity index (χ0n) is 12.2. The Morgan fingerprint density at radius 2 is 2.10 bits per heavy atom. The Bertz CT molecular complexity index is 657. The van der Waals surface area contributed by atoms with Crippen LogP contribution in [0, 0.1) is 6.92 Å². The topological polar surface area (TPSA) is 30.5 Å². The fourth-order valence-electron chi connectivity index (χ4n) is 2.45. The van der Waals surface area contributed by atoms with E-state index in [0.717, 1.165) is 22.5 Å². The second-order valence-corrected chi connectivity index (χ2v) is 6.18. The summed E-state index contributed by atoms with van der Waals surface area (Å²) in [6, 6.07) is 13.0. The fourth-order valence-corrected chi connectivity index (χ4v) is 3.05. The number of hydrogen-bond donors (Lipinski definition) is 1. The number of fused-ring (bicyclic) bond motifs is 1. The molecule has 1 atom stereocenters. The maximum Gasteiger partial charge on any atom is 0.231 e. The first kappa shape index (κ1) is 14.4. The predicted molar refractivity (Wildman–Crippen MR) is 86.7 cm³/mol. The summed E-state index contributed by atoms with van der Waals surface area (Å²) in [4.78, 5) is 0. The number of hydrogen-bond acceptors (Lipinski definition) is 3. The highest BCUT2D eigenvalue weighted by molar-refractivity contribution is 9.10. The molecule has 3 rings (SSSR count). The van der Waals surface area contributed by atoms with Crippen molar-refractivity contribution in [3.63, 3.8) is 0 Å². The second kappa shape index (κ2) is 6.08. The molecule has 0 amide bonds. The van der Waals surface area contributed by atoms with Crippen LogP contribution in [0.1, 0.15) is 29.7 Å². The largest absolute Gasteiger partial charge is 0.454 e. The Hall–Kier alpha value is -1.52. The quantitative estimate of drug-likeness (QED) is 0.892. The smallest absolute Gasteiger partial charge is 0.231 e. The van der Waals surface area contributed by atoms with Gasteiger partial charge in [0.25, 0.3) is 0 Å². The third kappa shape index (κ3) is 3.22. The summed E-state index contributed by atoms with van der Waals surface area (Å²) in [5, 5.41) is 3.54. The van der Waals surface area contributed by atoms with Gasteiger partial charge in [-0.25, -0.2) is 0 Å². The van der Waals surface area contributed by atoms with Crippen LogP contribution < -0.4 is 14.8 Å².